The summed E-state index contributed by atoms with van der Waals surface area (Å²) in [4.78, 5) is 31.2. The van der Waals surface area contributed by atoms with E-state index in [1.165, 1.54) is 5.56 Å². The molecule has 1 amide bonds. The molecule has 5 heteroatoms. The van der Waals surface area contributed by atoms with Crippen LogP contribution in [0.2, 0.25) is 0 Å². The summed E-state index contributed by atoms with van der Waals surface area (Å²) in [7, 11) is 0. The number of benzene rings is 2. The molecule has 0 spiro atoms. The highest BCUT2D eigenvalue weighted by Crippen LogP contribution is 2.08. The van der Waals surface area contributed by atoms with Gasteiger partial charge >= 0.3 is 0 Å². The molecule has 3 rings (SSSR count). The normalized spacial score (nSPS) is 10.8. The molecule has 0 aliphatic carbocycles. The van der Waals surface area contributed by atoms with Crippen LogP contribution in [0.5, 0.6) is 0 Å². The molecule has 0 aliphatic heterocycles. The molecule has 0 atom stereocenters. The van der Waals surface area contributed by atoms with Crippen LogP contribution < -0.4 is 10.9 Å². The van der Waals surface area contributed by atoms with Gasteiger partial charge < -0.3 is 10.3 Å². The number of nitrogens with zero attached hydrogens (tertiary/aromatic N) is 1. The van der Waals surface area contributed by atoms with Gasteiger partial charge in [-0.1, -0.05) is 36.4 Å². The van der Waals surface area contributed by atoms with Crippen LogP contribution in [0.4, 0.5) is 0 Å². The predicted molar refractivity (Wildman–Crippen MR) is 98.3 cm³/mol. The Balaban J connectivity index is 1.52. The number of hydrogen-bond donors (Lipinski definition) is 2. The van der Waals surface area contributed by atoms with Crippen molar-refractivity contribution in [3.05, 3.63) is 75.8 Å². The summed E-state index contributed by atoms with van der Waals surface area (Å²) in [5, 5.41) is 3.52. The lowest BCUT2D eigenvalue weighted by atomic mass is 10.1. The van der Waals surface area contributed by atoms with Gasteiger partial charge in [-0.2, -0.15) is 0 Å². The smallest absolute Gasteiger partial charge is 0.258 e. The van der Waals surface area contributed by atoms with E-state index in [-0.39, 0.29) is 11.5 Å². The van der Waals surface area contributed by atoms with E-state index in [9.17, 15) is 9.59 Å². The van der Waals surface area contributed by atoms with Crippen molar-refractivity contribution in [1.29, 1.82) is 0 Å². The fraction of sp³-hybridized carbons (Fsp3) is 0.250. The molecule has 1 heterocycles. The molecule has 1 aromatic heterocycles. The van der Waals surface area contributed by atoms with Gasteiger partial charge in [0.15, 0.2) is 0 Å². The number of fused-ring (bicyclic) bond motifs is 1. The molecule has 25 heavy (non-hydrogen) atoms. The van der Waals surface area contributed by atoms with Crippen LogP contribution in [0.3, 0.4) is 0 Å². The molecule has 3 aromatic rings. The number of aromatic nitrogens is 2. The minimum absolute atomic E-state index is 0.00592. The van der Waals surface area contributed by atoms with Gasteiger partial charge in [-0.25, -0.2) is 4.98 Å². The first-order valence-electron chi connectivity index (χ1n) is 8.42. The second-order valence-electron chi connectivity index (χ2n) is 6.09. The van der Waals surface area contributed by atoms with E-state index in [1.54, 1.807) is 6.07 Å². The Bertz CT molecular complexity index is 947. The predicted octanol–water partition coefficient (Wildman–Crippen LogP) is 2.87. The Labute approximate surface area is 146 Å². The summed E-state index contributed by atoms with van der Waals surface area (Å²) in [5.41, 5.74) is 2.84. The first kappa shape index (κ1) is 16.9. The number of amides is 1. The Morgan fingerprint density at radius 3 is 2.72 bits per heavy atom. The van der Waals surface area contributed by atoms with Gasteiger partial charge in [-0.05, 0) is 36.6 Å². The van der Waals surface area contributed by atoms with Crippen molar-refractivity contribution in [1.82, 2.24) is 15.3 Å². The standard InChI is InChI=1S/C20H21N3O2/c1-14-7-2-3-8-15(14)13-21-19(24)12-6-11-18-22-17-10-5-4-9-16(17)20(25)23-18/h2-5,7-10H,6,11-13H2,1H3,(H,21,24)(H,22,23,25). The zero-order valence-electron chi connectivity index (χ0n) is 14.2. The van der Waals surface area contributed by atoms with Crippen molar-refractivity contribution in [2.24, 2.45) is 0 Å². The van der Waals surface area contributed by atoms with Gasteiger partial charge in [0.1, 0.15) is 5.82 Å². The summed E-state index contributed by atoms with van der Waals surface area (Å²) in [6.45, 7) is 2.57. The summed E-state index contributed by atoms with van der Waals surface area (Å²) in [6.07, 6.45) is 1.61. The van der Waals surface area contributed by atoms with E-state index < -0.39 is 0 Å². The van der Waals surface area contributed by atoms with Gasteiger partial charge in [-0.3, -0.25) is 9.59 Å². The number of para-hydroxylation sites is 1. The molecule has 0 saturated heterocycles. The van der Waals surface area contributed by atoms with Crippen molar-refractivity contribution >= 4 is 16.8 Å². The third-order valence-corrected chi connectivity index (χ3v) is 4.22. The summed E-state index contributed by atoms with van der Waals surface area (Å²) >= 11 is 0. The van der Waals surface area contributed by atoms with E-state index >= 15 is 0 Å². The maximum atomic E-state index is 12.0. The van der Waals surface area contributed by atoms with Crippen molar-refractivity contribution < 1.29 is 4.79 Å². The topological polar surface area (TPSA) is 74.8 Å². The number of H-pyrrole nitrogens is 1. The zero-order valence-corrected chi connectivity index (χ0v) is 14.2. The minimum Gasteiger partial charge on any atom is -0.352 e. The molecular weight excluding hydrogens is 314 g/mol. The number of carbonyl (C=O) groups excluding carboxylic acids is 1. The van der Waals surface area contributed by atoms with E-state index in [0.717, 1.165) is 5.56 Å². The molecule has 0 unspecified atom stereocenters. The molecule has 128 valence electrons. The van der Waals surface area contributed by atoms with Gasteiger partial charge in [0.05, 0.1) is 10.9 Å². The first-order chi connectivity index (χ1) is 12.1. The third-order valence-electron chi connectivity index (χ3n) is 4.22. The van der Waals surface area contributed by atoms with E-state index in [1.807, 2.05) is 49.4 Å². The Morgan fingerprint density at radius 2 is 1.88 bits per heavy atom. The molecule has 0 fully saturated rings. The van der Waals surface area contributed by atoms with E-state index in [2.05, 4.69) is 15.3 Å². The Hall–Kier alpha value is -2.95. The highest BCUT2D eigenvalue weighted by atomic mass is 16.1. The van der Waals surface area contributed by atoms with Crippen LogP contribution in [0.25, 0.3) is 10.9 Å². The Morgan fingerprint density at radius 1 is 1.12 bits per heavy atom. The lowest BCUT2D eigenvalue weighted by molar-refractivity contribution is -0.121. The second-order valence-corrected chi connectivity index (χ2v) is 6.09. The van der Waals surface area contributed by atoms with Gasteiger partial charge in [0.2, 0.25) is 5.91 Å². The number of hydrogen-bond acceptors (Lipinski definition) is 3. The van der Waals surface area contributed by atoms with Gasteiger partial charge in [0.25, 0.3) is 5.56 Å². The summed E-state index contributed by atoms with van der Waals surface area (Å²) in [6, 6.07) is 15.2. The monoisotopic (exact) mass is 335 g/mol. The SMILES string of the molecule is Cc1ccccc1CNC(=O)CCCc1nc2ccccc2c(=O)[nH]1. The molecule has 0 bridgehead atoms. The van der Waals surface area contributed by atoms with Crippen molar-refractivity contribution in [3.8, 4) is 0 Å². The maximum absolute atomic E-state index is 12.0. The molecular formula is C20H21N3O2. The largest absolute Gasteiger partial charge is 0.352 e. The van der Waals surface area contributed by atoms with Gasteiger partial charge in [0, 0.05) is 19.4 Å². The summed E-state index contributed by atoms with van der Waals surface area (Å²) < 4.78 is 0. The highest BCUT2D eigenvalue weighted by molar-refractivity contribution is 5.77. The Kier molecular flexibility index (Phi) is 5.23. The number of carbonyl (C=O) groups is 1. The number of nitrogens with one attached hydrogen (secondary N) is 2. The average molecular weight is 335 g/mol. The second kappa shape index (κ2) is 7.75. The average Bonchev–Trinajstić information content (AvgIpc) is 2.61. The number of aromatic amines is 1. The van der Waals surface area contributed by atoms with Crippen LogP contribution in [0, 0.1) is 6.92 Å². The lowest BCUT2D eigenvalue weighted by Crippen LogP contribution is -2.23. The van der Waals surface area contributed by atoms with E-state index in [0.29, 0.717) is 42.5 Å². The highest BCUT2D eigenvalue weighted by Gasteiger charge is 2.06. The third kappa shape index (κ3) is 4.32. The van der Waals surface area contributed by atoms with Crippen LogP contribution in [0.15, 0.2) is 53.3 Å². The first-order valence-corrected chi connectivity index (χ1v) is 8.42. The molecule has 2 aromatic carbocycles. The summed E-state index contributed by atoms with van der Waals surface area (Å²) in [5.74, 6) is 0.627. The zero-order chi connectivity index (χ0) is 17.6. The van der Waals surface area contributed by atoms with Crippen LogP contribution in [-0.2, 0) is 17.8 Å². The van der Waals surface area contributed by atoms with Crippen LogP contribution >= 0.6 is 0 Å². The molecule has 0 aliphatic rings. The molecule has 0 saturated carbocycles. The quantitative estimate of drug-likeness (QED) is 0.727. The number of aryl methyl sites for hydroxylation is 2. The fourth-order valence-electron chi connectivity index (χ4n) is 2.76. The molecule has 2 N–H and O–H groups in total. The lowest BCUT2D eigenvalue weighted by Gasteiger charge is -2.08. The van der Waals surface area contributed by atoms with Gasteiger partial charge in [-0.15, -0.1) is 0 Å². The number of rotatable bonds is 6. The molecule has 5 nitrogen and oxygen atoms in total. The van der Waals surface area contributed by atoms with Crippen molar-refractivity contribution in [3.63, 3.8) is 0 Å². The molecule has 0 radical (unpaired) electrons. The van der Waals surface area contributed by atoms with Crippen LogP contribution in [0.1, 0.15) is 29.8 Å². The maximum Gasteiger partial charge on any atom is 0.258 e. The minimum atomic E-state index is -0.135. The fourth-order valence-corrected chi connectivity index (χ4v) is 2.76. The van der Waals surface area contributed by atoms with E-state index in [4.69, 9.17) is 0 Å². The van der Waals surface area contributed by atoms with Crippen molar-refractivity contribution in [2.75, 3.05) is 0 Å². The van der Waals surface area contributed by atoms with Crippen LogP contribution in [-0.4, -0.2) is 15.9 Å². The van der Waals surface area contributed by atoms with Crippen molar-refractivity contribution in [2.45, 2.75) is 32.7 Å².